The van der Waals surface area contributed by atoms with Gasteiger partial charge in [-0.2, -0.15) is 5.10 Å². The zero-order valence-corrected chi connectivity index (χ0v) is 18.1. The molecule has 160 valence electrons. The molecule has 0 saturated carbocycles. The first kappa shape index (κ1) is 21.6. The van der Waals surface area contributed by atoms with Gasteiger partial charge >= 0.3 is 0 Å². The normalized spacial score (nSPS) is 14.6. The van der Waals surface area contributed by atoms with Crippen molar-refractivity contribution >= 4 is 5.82 Å². The van der Waals surface area contributed by atoms with Crippen molar-refractivity contribution in [3.8, 4) is 5.75 Å². The first-order valence-electron chi connectivity index (χ1n) is 10.4. The van der Waals surface area contributed by atoms with Crippen LogP contribution < -0.4 is 15.0 Å². The largest absolute Gasteiger partial charge is 0.491 e. The van der Waals surface area contributed by atoms with Crippen LogP contribution in [-0.2, 0) is 29.6 Å². The van der Waals surface area contributed by atoms with E-state index in [4.69, 9.17) is 19.3 Å². The fourth-order valence-corrected chi connectivity index (χ4v) is 3.66. The number of ether oxygens (including phenoxy) is 3. The molecule has 2 heterocycles. The minimum absolute atomic E-state index is 0.385. The van der Waals surface area contributed by atoms with Gasteiger partial charge in [0.1, 0.15) is 18.2 Å². The first-order valence-corrected chi connectivity index (χ1v) is 10.4. The Morgan fingerprint density at radius 2 is 1.83 bits per heavy atom. The van der Waals surface area contributed by atoms with E-state index < -0.39 is 0 Å². The van der Waals surface area contributed by atoms with Crippen LogP contribution in [0.4, 0.5) is 5.82 Å². The van der Waals surface area contributed by atoms with Gasteiger partial charge in [0.25, 0.3) is 0 Å². The molecule has 0 unspecified atom stereocenters. The predicted octanol–water partition coefficient (Wildman–Crippen LogP) is 2.70. The lowest BCUT2D eigenvalue weighted by Crippen LogP contribution is -2.38. The van der Waals surface area contributed by atoms with Gasteiger partial charge in [0, 0.05) is 45.9 Å². The Balaban J connectivity index is 1.63. The van der Waals surface area contributed by atoms with Crippen LogP contribution in [0.3, 0.4) is 0 Å². The van der Waals surface area contributed by atoms with Gasteiger partial charge in [0.05, 0.1) is 25.5 Å². The van der Waals surface area contributed by atoms with Crippen molar-refractivity contribution in [2.75, 3.05) is 51.5 Å². The van der Waals surface area contributed by atoms with E-state index in [1.54, 1.807) is 7.11 Å². The van der Waals surface area contributed by atoms with Crippen LogP contribution in [0.5, 0.6) is 5.75 Å². The highest BCUT2D eigenvalue weighted by molar-refractivity contribution is 5.51. The average molecular weight is 403 g/mol. The fraction of sp³-hybridized carbons (Fsp3) is 0.591. The number of nitrogens with one attached hydrogen (secondary N) is 1. The summed E-state index contributed by atoms with van der Waals surface area (Å²) in [5, 5.41) is 8.43. The summed E-state index contributed by atoms with van der Waals surface area (Å²) in [6.45, 7) is 10.5. The number of aryl methyl sites for hydroxylation is 1. The van der Waals surface area contributed by atoms with Gasteiger partial charge in [0.2, 0.25) is 0 Å². The van der Waals surface area contributed by atoms with Gasteiger partial charge in [-0.3, -0.25) is 4.68 Å². The van der Waals surface area contributed by atoms with Gasteiger partial charge in [0.15, 0.2) is 0 Å². The van der Waals surface area contributed by atoms with Crippen LogP contribution in [0.1, 0.15) is 36.6 Å². The van der Waals surface area contributed by atoms with Crippen LogP contribution in [0, 0.1) is 0 Å². The van der Waals surface area contributed by atoms with E-state index in [0.717, 1.165) is 45.1 Å². The van der Waals surface area contributed by atoms with E-state index in [1.807, 2.05) is 23.9 Å². The maximum absolute atomic E-state index is 5.63. The second-order valence-electron chi connectivity index (χ2n) is 7.65. The zero-order valence-electron chi connectivity index (χ0n) is 18.1. The van der Waals surface area contributed by atoms with Crippen molar-refractivity contribution in [2.45, 2.75) is 32.9 Å². The van der Waals surface area contributed by atoms with E-state index in [1.165, 1.54) is 22.6 Å². The highest BCUT2D eigenvalue weighted by atomic mass is 16.5. The summed E-state index contributed by atoms with van der Waals surface area (Å²) in [5.74, 6) is 2.47. The number of rotatable bonds is 10. The van der Waals surface area contributed by atoms with Gasteiger partial charge in [-0.25, -0.2) is 0 Å². The summed E-state index contributed by atoms with van der Waals surface area (Å²) in [5.41, 5.74) is 3.69. The number of morpholine rings is 1. The topological polar surface area (TPSA) is 60.8 Å². The number of benzene rings is 1. The van der Waals surface area contributed by atoms with E-state index >= 15 is 0 Å². The lowest BCUT2D eigenvalue weighted by molar-refractivity contribution is 0.122. The SMILES string of the molecule is COCCOc1ccc(CNCc2c(C(C)C)nn(C)c2N2CCOCC2)cc1. The molecule has 1 aliphatic heterocycles. The van der Waals surface area contributed by atoms with Gasteiger partial charge in [-0.1, -0.05) is 26.0 Å². The molecule has 2 aromatic rings. The molecule has 0 aliphatic carbocycles. The Bertz CT molecular complexity index is 752. The monoisotopic (exact) mass is 402 g/mol. The summed E-state index contributed by atoms with van der Waals surface area (Å²) in [7, 11) is 3.72. The molecule has 1 saturated heterocycles. The maximum Gasteiger partial charge on any atom is 0.131 e. The summed E-state index contributed by atoms with van der Waals surface area (Å²) in [6.07, 6.45) is 0. The van der Waals surface area contributed by atoms with E-state index in [-0.39, 0.29) is 0 Å². The number of hydrogen-bond acceptors (Lipinski definition) is 6. The van der Waals surface area contributed by atoms with Crippen LogP contribution in [0.15, 0.2) is 24.3 Å². The Morgan fingerprint density at radius 3 is 2.48 bits per heavy atom. The second kappa shape index (κ2) is 10.6. The smallest absolute Gasteiger partial charge is 0.131 e. The molecule has 29 heavy (non-hydrogen) atoms. The molecule has 0 atom stereocenters. The molecular weight excluding hydrogens is 368 g/mol. The molecular formula is C22H34N4O3. The lowest BCUT2D eigenvalue weighted by atomic mass is 10.0. The van der Waals surface area contributed by atoms with E-state index in [2.05, 4.69) is 36.2 Å². The molecule has 7 heteroatoms. The Kier molecular flexibility index (Phi) is 7.91. The average Bonchev–Trinajstić information content (AvgIpc) is 3.06. The third-order valence-corrected chi connectivity index (χ3v) is 5.11. The Hall–Kier alpha value is -2.09. The van der Waals surface area contributed by atoms with Gasteiger partial charge in [-0.05, 0) is 23.6 Å². The molecule has 1 fully saturated rings. The summed E-state index contributed by atoms with van der Waals surface area (Å²) < 4.78 is 18.2. The van der Waals surface area contributed by atoms with Crippen molar-refractivity contribution in [1.82, 2.24) is 15.1 Å². The highest BCUT2D eigenvalue weighted by Gasteiger charge is 2.23. The minimum Gasteiger partial charge on any atom is -0.491 e. The Labute approximate surface area is 173 Å². The first-order chi connectivity index (χ1) is 14.1. The van der Waals surface area contributed by atoms with Crippen LogP contribution in [-0.4, -0.2) is 56.4 Å². The number of nitrogens with zero attached hydrogens (tertiary/aromatic N) is 3. The molecule has 0 spiro atoms. The molecule has 1 aromatic heterocycles. The molecule has 1 N–H and O–H groups in total. The minimum atomic E-state index is 0.385. The summed E-state index contributed by atoms with van der Waals surface area (Å²) >= 11 is 0. The number of aromatic nitrogens is 2. The summed E-state index contributed by atoms with van der Waals surface area (Å²) in [4.78, 5) is 2.39. The summed E-state index contributed by atoms with van der Waals surface area (Å²) in [6, 6.07) is 8.22. The van der Waals surface area contributed by atoms with Crippen molar-refractivity contribution in [1.29, 1.82) is 0 Å². The van der Waals surface area contributed by atoms with E-state index in [9.17, 15) is 0 Å². The van der Waals surface area contributed by atoms with Crippen molar-refractivity contribution in [3.05, 3.63) is 41.1 Å². The van der Waals surface area contributed by atoms with Gasteiger partial charge < -0.3 is 24.4 Å². The standard InChI is InChI=1S/C22H34N4O3/c1-17(2)21-20(22(25(3)24-21)26-9-11-28-12-10-26)16-23-15-18-5-7-19(8-6-18)29-14-13-27-4/h5-8,17,23H,9-16H2,1-4H3. The lowest BCUT2D eigenvalue weighted by Gasteiger charge is -2.29. The third kappa shape index (κ3) is 5.72. The third-order valence-electron chi connectivity index (χ3n) is 5.11. The van der Waals surface area contributed by atoms with Crippen LogP contribution in [0.25, 0.3) is 0 Å². The molecule has 7 nitrogen and oxygen atoms in total. The number of anilines is 1. The second-order valence-corrected chi connectivity index (χ2v) is 7.65. The molecule has 0 amide bonds. The van der Waals surface area contributed by atoms with Crippen molar-refractivity contribution in [2.24, 2.45) is 7.05 Å². The van der Waals surface area contributed by atoms with Crippen LogP contribution >= 0.6 is 0 Å². The quantitative estimate of drug-likeness (QED) is 0.617. The van der Waals surface area contributed by atoms with E-state index in [0.29, 0.717) is 19.1 Å². The molecule has 1 aromatic carbocycles. The van der Waals surface area contributed by atoms with Crippen molar-refractivity contribution in [3.63, 3.8) is 0 Å². The molecule has 0 bridgehead atoms. The Morgan fingerprint density at radius 1 is 1.10 bits per heavy atom. The maximum atomic E-state index is 5.63. The number of hydrogen-bond donors (Lipinski definition) is 1. The predicted molar refractivity (Wildman–Crippen MR) is 115 cm³/mol. The fourth-order valence-electron chi connectivity index (χ4n) is 3.66. The van der Waals surface area contributed by atoms with Crippen LogP contribution in [0.2, 0.25) is 0 Å². The number of methoxy groups -OCH3 is 1. The zero-order chi connectivity index (χ0) is 20.6. The van der Waals surface area contributed by atoms with Crippen molar-refractivity contribution < 1.29 is 14.2 Å². The molecule has 3 rings (SSSR count). The molecule has 1 aliphatic rings. The van der Waals surface area contributed by atoms with Gasteiger partial charge in [-0.15, -0.1) is 0 Å². The molecule has 0 radical (unpaired) electrons. The highest BCUT2D eigenvalue weighted by Crippen LogP contribution is 2.29.